The summed E-state index contributed by atoms with van der Waals surface area (Å²) in [5.74, 6) is 1.39. The Bertz CT molecular complexity index is 311. The number of thiocarbonyl (C=S) groups is 1. The highest BCUT2D eigenvalue weighted by atomic mass is 32.1. The molecule has 0 aromatic carbocycles. The second-order valence-corrected chi connectivity index (χ2v) is 4.47. The van der Waals surface area contributed by atoms with E-state index in [1.54, 1.807) is 6.26 Å². The highest BCUT2D eigenvalue weighted by Gasteiger charge is 2.15. The lowest BCUT2D eigenvalue weighted by Crippen LogP contribution is -2.43. The fourth-order valence-electron chi connectivity index (χ4n) is 1.39. The van der Waals surface area contributed by atoms with Crippen LogP contribution in [0, 0.1) is 5.92 Å². The summed E-state index contributed by atoms with van der Waals surface area (Å²) in [5.41, 5.74) is 6.00. The summed E-state index contributed by atoms with van der Waals surface area (Å²) in [6.45, 7) is 5.01. The Hall–Kier alpha value is -0.870. The molecule has 0 radical (unpaired) electrons. The Balaban J connectivity index is 2.24. The maximum absolute atomic E-state index is 6.00. The van der Waals surface area contributed by atoms with Gasteiger partial charge in [0.15, 0.2) is 0 Å². The smallest absolute Gasteiger partial charge is 0.105 e. The van der Waals surface area contributed by atoms with Crippen molar-refractivity contribution in [1.29, 1.82) is 0 Å². The van der Waals surface area contributed by atoms with Gasteiger partial charge in [0.05, 0.1) is 17.3 Å². The molecule has 1 aromatic rings. The summed E-state index contributed by atoms with van der Waals surface area (Å²) in [7, 11) is 0. The predicted octanol–water partition coefficient (Wildman–Crippen LogP) is 2.11. The summed E-state index contributed by atoms with van der Waals surface area (Å²) < 4.78 is 5.23. The van der Waals surface area contributed by atoms with Crippen molar-refractivity contribution in [3.63, 3.8) is 0 Å². The van der Waals surface area contributed by atoms with Crippen LogP contribution >= 0.6 is 12.2 Å². The summed E-state index contributed by atoms with van der Waals surface area (Å²) in [6.07, 6.45) is 3.56. The zero-order valence-corrected chi connectivity index (χ0v) is 10.7. The number of nitrogens with two attached hydrogens (primary N) is 1. The molecule has 1 aromatic heterocycles. The van der Waals surface area contributed by atoms with Gasteiger partial charge in [-0.3, -0.25) is 0 Å². The number of hydrogen-bond acceptors (Lipinski definition) is 3. The molecule has 0 saturated carbocycles. The number of nitrogens with one attached hydrogen (secondary N) is 1. The Morgan fingerprint density at radius 2 is 2.38 bits per heavy atom. The average Bonchev–Trinajstić information content (AvgIpc) is 2.79. The molecule has 0 aliphatic carbocycles. The van der Waals surface area contributed by atoms with Crippen molar-refractivity contribution < 1.29 is 4.42 Å². The van der Waals surface area contributed by atoms with Crippen molar-refractivity contribution in [2.75, 3.05) is 6.54 Å². The first-order chi connectivity index (χ1) is 7.65. The second-order valence-electron chi connectivity index (χ2n) is 4.03. The molecule has 1 rings (SSSR count). The van der Waals surface area contributed by atoms with Crippen LogP contribution in [-0.2, 0) is 6.42 Å². The van der Waals surface area contributed by atoms with Crippen LogP contribution in [0.2, 0.25) is 0 Å². The first-order valence-corrected chi connectivity index (χ1v) is 6.11. The SMILES string of the molecule is CCC(C)[C@H](N)C(=S)NCCc1ccco1. The van der Waals surface area contributed by atoms with E-state index in [0.717, 1.165) is 30.1 Å². The molecule has 0 saturated heterocycles. The lowest BCUT2D eigenvalue weighted by atomic mass is 10.00. The minimum absolute atomic E-state index is 0.0448. The molecule has 0 spiro atoms. The summed E-state index contributed by atoms with van der Waals surface area (Å²) >= 11 is 5.25. The highest BCUT2D eigenvalue weighted by molar-refractivity contribution is 7.80. The van der Waals surface area contributed by atoms with Crippen LogP contribution in [0.1, 0.15) is 26.0 Å². The Morgan fingerprint density at radius 1 is 1.62 bits per heavy atom. The van der Waals surface area contributed by atoms with Gasteiger partial charge >= 0.3 is 0 Å². The van der Waals surface area contributed by atoms with Crippen LogP contribution in [0.25, 0.3) is 0 Å². The van der Waals surface area contributed by atoms with Crippen LogP contribution < -0.4 is 11.1 Å². The van der Waals surface area contributed by atoms with Gasteiger partial charge in [-0.1, -0.05) is 32.5 Å². The summed E-state index contributed by atoms with van der Waals surface area (Å²) in [6, 6.07) is 3.80. The molecule has 1 unspecified atom stereocenters. The second kappa shape index (κ2) is 6.66. The molecule has 0 aliphatic rings. The Kier molecular flexibility index (Phi) is 5.49. The molecule has 3 nitrogen and oxygen atoms in total. The monoisotopic (exact) mass is 240 g/mol. The van der Waals surface area contributed by atoms with Crippen molar-refractivity contribution in [2.45, 2.75) is 32.7 Å². The quantitative estimate of drug-likeness (QED) is 0.748. The maximum Gasteiger partial charge on any atom is 0.105 e. The highest BCUT2D eigenvalue weighted by Crippen LogP contribution is 2.06. The van der Waals surface area contributed by atoms with Gasteiger partial charge in [0, 0.05) is 13.0 Å². The van der Waals surface area contributed by atoms with E-state index >= 15 is 0 Å². The lowest BCUT2D eigenvalue weighted by molar-refractivity contribution is 0.500. The summed E-state index contributed by atoms with van der Waals surface area (Å²) in [5, 5.41) is 3.18. The van der Waals surface area contributed by atoms with Crippen molar-refractivity contribution in [2.24, 2.45) is 11.7 Å². The third kappa shape index (κ3) is 3.94. The fraction of sp³-hybridized carbons (Fsp3) is 0.583. The van der Waals surface area contributed by atoms with E-state index in [1.165, 1.54) is 0 Å². The van der Waals surface area contributed by atoms with Crippen LogP contribution in [0.4, 0.5) is 0 Å². The molecule has 2 atom stereocenters. The molecule has 90 valence electrons. The van der Waals surface area contributed by atoms with Gasteiger partial charge in [0.25, 0.3) is 0 Å². The van der Waals surface area contributed by atoms with E-state index in [2.05, 4.69) is 19.2 Å². The predicted molar refractivity (Wildman–Crippen MR) is 70.4 cm³/mol. The molecule has 4 heteroatoms. The van der Waals surface area contributed by atoms with E-state index < -0.39 is 0 Å². The minimum atomic E-state index is -0.0448. The van der Waals surface area contributed by atoms with Crippen molar-refractivity contribution in [3.8, 4) is 0 Å². The average molecular weight is 240 g/mol. The van der Waals surface area contributed by atoms with E-state index in [-0.39, 0.29) is 6.04 Å². The molecule has 0 aliphatic heterocycles. The first kappa shape index (κ1) is 13.2. The minimum Gasteiger partial charge on any atom is -0.469 e. The zero-order chi connectivity index (χ0) is 12.0. The molecule has 0 amide bonds. The standard InChI is InChI=1S/C12H20N2OS/c1-3-9(2)11(13)12(16)14-7-6-10-5-4-8-15-10/h4-5,8-9,11H,3,6-7,13H2,1-2H3,(H,14,16)/t9?,11-/m0/s1. The molecule has 1 heterocycles. The molecule has 0 fully saturated rings. The largest absolute Gasteiger partial charge is 0.469 e. The first-order valence-electron chi connectivity index (χ1n) is 5.70. The normalized spacial score (nSPS) is 14.4. The van der Waals surface area contributed by atoms with Gasteiger partial charge in [-0.15, -0.1) is 0 Å². The van der Waals surface area contributed by atoms with Crippen molar-refractivity contribution >= 4 is 17.2 Å². The van der Waals surface area contributed by atoms with Gasteiger partial charge in [-0.2, -0.15) is 0 Å². The molecular weight excluding hydrogens is 220 g/mol. The molecule has 3 N–H and O–H groups in total. The number of furan rings is 1. The fourth-order valence-corrected chi connectivity index (χ4v) is 1.73. The molecule has 16 heavy (non-hydrogen) atoms. The Morgan fingerprint density at radius 3 is 2.94 bits per heavy atom. The third-order valence-corrected chi connectivity index (χ3v) is 3.23. The lowest BCUT2D eigenvalue weighted by Gasteiger charge is -2.20. The van der Waals surface area contributed by atoms with Crippen molar-refractivity contribution in [1.82, 2.24) is 5.32 Å². The Labute approximate surface area is 102 Å². The van der Waals surface area contributed by atoms with Gasteiger partial charge in [-0.05, 0) is 18.1 Å². The number of hydrogen-bond donors (Lipinski definition) is 2. The van der Waals surface area contributed by atoms with E-state index in [1.807, 2.05) is 12.1 Å². The number of rotatable bonds is 6. The third-order valence-electron chi connectivity index (χ3n) is 2.81. The van der Waals surface area contributed by atoms with E-state index in [0.29, 0.717) is 5.92 Å². The van der Waals surface area contributed by atoms with Crippen LogP contribution in [-0.4, -0.2) is 17.6 Å². The van der Waals surface area contributed by atoms with E-state index in [4.69, 9.17) is 22.4 Å². The maximum atomic E-state index is 6.00. The summed E-state index contributed by atoms with van der Waals surface area (Å²) in [4.78, 5) is 0.751. The van der Waals surface area contributed by atoms with Gasteiger partial charge in [-0.25, -0.2) is 0 Å². The van der Waals surface area contributed by atoms with Crippen LogP contribution in [0.3, 0.4) is 0 Å². The zero-order valence-electron chi connectivity index (χ0n) is 9.90. The van der Waals surface area contributed by atoms with Crippen LogP contribution in [0.5, 0.6) is 0 Å². The topological polar surface area (TPSA) is 51.2 Å². The van der Waals surface area contributed by atoms with Gasteiger partial charge < -0.3 is 15.5 Å². The van der Waals surface area contributed by atoms with Gasteiger partial charge in [0.1, 0.15) is 5.76 Å². The molecule has 0 bridgehead atoms. The van der Waals surface area contributed by atoms with Gasteiger partial charge in [0.2, 0.25) is 0 Å². The molecular formula is C12H20N2OS. The van der Waals surface area contributed by atoms with E-state index in [9.17, 15) is 0 Å². The van der Waals surface area contributed by atoms with Crippen LogP contribution in [0.15, 0.2) is 22.8 Å². The van der Waals surface area contributed by atoms with Crippen molar-refractivity contribution in [3.05, 3.63) is 24.2 Å².